The third-order valence-corrected chi connectivity index (χ3v) is 6.95. The Bertz CT molecular complexity index is 1440. The first kappa shape index (κ1) is 28.6. The van der Waals surface area contributed by atoms with E-state index in [-0.39, 0.29) is 28.4 Å². The molecule has 3 aromatic carbocycles. The number of nitrogens with zero attached hydrogens (tertiary/aromatic N) is 3. The fourth-order valence-electron chi connectivity index (χ4n) is 4.20. The van der Waals surface area contributed by atoms with Crippen LogP contribution < -0.4 is 4.90 Å². The number of hydrazone groups is 1. The van der Waals surface area contributed by atoms with Gasteiger partial charge in [0.15, 0.2) is 0 Å². The highest BCUT2D eigenvalue weighted by Crippen LogP contribution is 2.40. The summed E-state index contributed by atoms with van der Waals surface area (Å²) in [6, 6.07) is 15.0. The predicted octanol–water partition coefficient (Wildman–Crippen LogP) is 7.81. The zero-order valence-corrected chi connectivity index (χ0v) is 22.2. The van der Waals surface area contributed by atoms with Crippen molar-refractivity contribution >= 4 is 50.9 Å². The summed E-state index contributed by atoms with van der Waals surface area (Å²) in [6.45, 7) is 1.32. The van der Waals surface area contributed by atoms with Crippen molar-refractivity contribution < 1.29 is 35.9 Å². The summed E-state index contributed by atoms with van der Waals surface area (Å²) in [6.07, 6.45) is -10.1. The van der Waals surface area contributed by atoms with Crippen molar-refractivity contribution in [2.45, 2.75) is 24.7 Å². The fourth-order valence-corrected chi connectivity index (χ4v) is 4.75. The molecular formula is C26H17BrClF6N3O2. The molecule has 0 aromatic heterocycles. The Morgan fingerprint density at radius 1 is 0.974 bits per heavy atom. The summed E-state index contributed by atoms with van der Waals surface area (Å²) in [4.78, 5) is 25.8. The van der Waals surface area contributed by atoms with Gasteiger partial charge in [-0.05, 0) is 48.9 Å². The number of imide groups is 1. The molecule has 204 valence electrons. The van der Waals surface area contributed by atoms with Gasteiger partial charge in [-0.2, -0.15) is 31.4 Å². The number of anilines is 1. The van der Waals surface area contributed by atoms with Crippen LogP contribution in [-0.4, -0.2) is 35.4 Å². The molecule has 0 radical (unpaired) electrons. The molecule has 0 aliphatic carbocycles. The molecule has 0 N–H and O–H groups in total. The van der Waals surface area contributed by atoms with E-state index < -0.39 is 40.3 Å². The Morgan fingerprint density at radius 3 is 2.13 bits per heavy atom. The number of hydrogen-bond acceptors (Lipinski definition) is 3. The van der Waals surface area contributed by atoms with Gasteiger partial charge in [0.1, 0.15) is 0 Å². The molecule has 0 spiro atoms. The molecule has 1 heterocycles. The molecule has 4 rings (SSSR count). The second kappa shape index (κ2) is 10.3. The molecule has 1 unspecified atom stereocenters. The van der Waals surface area contributed by atoms with Crippen LogP contribution in [0.4, 0.5) is 36.8 Å². The number of carbonyl (C=O) groups excluding carboxylic acids is 2. The molecule has 0 saturated carbocycles. The lowest BCUT2D eigenvalue weighted by molar-refractivity contribution is -0.169. The smallest absolute Gasteiger partial charge is 0.263 e. The molecule has 0 bridgehead atoms. The molecule has 39 heavy (non-hydrogen) atoms. The number of benzene rings is 3. The molecular weight excluding hydrogens is 616 g/mol. The average molecular weight is 633 g/mol. The SMILES string of the molecule is CC1(c2ccccc2)CN(C(=O)N(C(=O)C(F)(F)F)c2ccc(Br)cc2)N=C1c1ccc(C(F)(F)F)c(Cl)c1. The van der Waals surface area contributed by atoms with Crippen LogP contribution >= 0.6 is 27.5 Å². The van der Waals surface area contributed by atoms with Gasteiger partial charge in [0.2, 0.25) is 0 Å². The van der Waals surface area contributed by atoms with Crippen molar-refractivity contribution in [3.05, 3.63) is 99.0 Å². The van der Waals surface area contributed by atoms with E-state index in [1.54, 1.807) is 37.3 Å². The second-order valence-corrected chi connectivity index (χ2v) is 10.1. The van der Waals surface area contributed by atoms with E-state index in [0.717, 1.165) is 30.3 Å². The lowest BCUT2D eigenvalue weighted by Crippen LogP contribution is -2.50. The molecule has 0 fully saturated rings. The normalized spacial score (nSPS) is 17.7. The maximum Gasteiger partial charge on any atom is 0.472 e. The Labute approximate surface area is 231 Å². The summed E-state index contributed by atoms with van der Waals surface area (Å²) in [7, 11) is 0. The van der Waals surface area contributed by atoms with Crippen molar-refractivity contribution in [3.8, 4) is 0 Å². The first-order valence-corrected chi connectivity index (χ1v) is 12.3. The van der Waals surface area contributed by atoms with Gasteiger partial charge >= 0.3 is 24.3 Å². The summed E-state index contributed by atoms with van der Waals surface area (Å²) >= 11 is 9.08. The maximum atomic E-state index is 13.5. The minimum absolute atomic E-state index is 0.0377. The Morgan fingerprint density at radius 2 is 1.59 bits per heavy atom. The highest BCUT2D eigenvalue weighted by atomic mass is 79.9. The van der Waals surface area contributed by atoms with Gasteiger partial charge in [-0.25, -0.2) is 14.7 Å². The van der Waals surface area contributed by atoms with E-state index in [1.807, 2.05) is 0 Å². The van der Waals surface area contributed by atoms with E-state index in [0.29, 0.717) is 15.0 Å². The van der Waals surface area contributed by atoms with Gasteiger partial charge in [-0.3, -0.25) is 4.79 Å². The number of urea groups is 1. The van der Waals surface area contributed by atoms with Crippen molar-refractivity contribution in [2.24, 2.45) is 5.10 Å². The summed E-state index contributed by atoms with van der Waals surface area (Å²) in [5, 5.41) is 4.31. The fraction of sp³-hybridized carbons (Fsp3) is 0.192. The topological polar surface area (TPSA) is 53.0 Å². The number of alkyl halides is 6. The van der Waals surface area contributed by atoms with Gasteiger partial charge in [0, 0.05) is 10.0 Å². The van der Waals surface area contributed by atoms with E-state index in [2.05, 4.69) is 21.0 Å². The molecule has 3 amide bonds. The largest absolute Gasteiger partial charge is 0.472 e. The number of rotatable bonds is 3. The first-order chi connectivity index (χ1) is 18.1. The monoisotopic (exact) mass is 631 g/mol. The predicted molar refractivity (Wildman–Crippen MR) is 137 cm³/mol. The van der Waals surface area contributed by atoms with Gasteiger partial charge in [-0.15, -0.1) is 0 Å². The van der Waals surface area contributed by atoms with E-state index in [4.69, 9.17) is 11.6 Å². The zero-order valence-electron chi connectivity index (χ0n) is 19.8. The van der Waals surface area contributed by atoms with Crippen LogP contribution in [0.3, 0.4) is 0 Å². The van der Waals surface area contributed by atoms with Gasteiger partial charge in [0.05, 0.1) is 33.9 Å². The van der Waals surface area contributed by atoms with Gasteiger partial charge in [-0.1, -0.05) is 63.9 Å². The van der Waals surface area contributed by atoms with Crippen LogP contribution in [0.1, 0.15) is 23.6 Å². The number of halogens is 8. The minimum atomic E-state index is -5.39. The van der Waals surface area contributed by atoms with Gasteiger partial charge in [0.25, 0.3) is 0 Å². The summed E-state index contributed by atoms with van der Waals surface area (Å²) in [5.41, 5.74) is -1.86. The third-order valence-electron chi connectivity index (χ3n) is 6.11. The summed E-state index contributed by atoms with van der Waals surface area (Å²) < 4.78 is 81.0. The van der Waals surface area contributed by atoms with Crippen LogP contribution in [0.5, 0.6) is 0 Å². The van der Waals surface area contributed by atoms with Crippen molar-refractivity contribution in [1.82, 2.24) is 5.01 Å². The van der Waals surface area contributed by atoms with E-state index >= 15 is 0 Å². The molecule has 1 atom stereocenters. The van der Waals surface area contributed by atoms with Crippen molar-refractivity contribution in [3.63, 3.8) is 0 Å². The number of carbonyl (C=O) groups is 2. The Hall–Kier alpha value is -3.38. The molecule has 1 aliphatic heterocycles. The van der Waals surface area contributed by atoms with Crippen LogP contribution in [0.2, 0.25) is 5.02 Å². The highest BCUT2D eigenvalue weighted by molar-refractivity contribution is 9.10. The average Bonchev–Trinajstić information content (AvgIpc) is 3.23. The molecule has 1 aliphatic rings. The lowest BCUT2D eigenvalue weighted by atomic mass is 9.76. The van der Waals surface area contributed by atoms with Gasteiger partial charge < -0.3 is 0 Å². The zero-order chi connectivity index (χ0) is 28.8. The molecule has 13 heteroatoms. The Kier molecular flexibility index (Phi) is 7.56. The van der Waals surface area contributed by atoms with Crippen LogP contribution in [0, 0.1) is 0 Å². The van der Waals surface area contributed by atoms with Crippen LogP contribution in [-0.2, 0) is 16.4 Å². The van der Waals surface area contributed by atoms with Crippen LogP contribution in [0.25, 0.3) is 0 Å². The quantitative estimate of drug-likeness (QED) is 0.277. The molecule has 0 saturated heterocycles. The molecule has 3 aromatic rings. The number of hydrogen-bond donors (Lipinski definition) is 0. The third kappa shape index (κ3) is 5.67. The van der Waals surface area contributed by atoms with E-state index in [1.165, 1.54) is 12.1 Å². The first-order valence-electron chi connectivity index (χ1n) is 11.1. The van der Waals surface area contributed by atoms with E-state index in [9.17, 15) is 35.9 Å². The van der Waals surface area contributed by atoms with Crippen molar-refractivity contribution in [2.75, 3.05) is 11.4 Å². The van der Waals surface area contributed by atoms with Crippen LogP contribution in [0.15, 0.2) is 82.4 Å². The number of amides is 3. The standard InChI is InChI=1S/C26H17BrClF6N3O2/c1-24(16-5-3-2-4-6-16)14-36(35-21(24)15-7-12-19(20(28)13-15)25(29,30)31)23(39)37(22(38)26(32,33)34)18-10-8-17(27)9-11-18/h2-13H,14H2,1H3. The second-order valence-electron chi connectivity index (χ2n) is 8.79. The minimum Gasteiger partial charge on any atom is -0.263 e. The maximum absolute atomic E-state index is 13.5. The Balaban J connectivity index is 1.84. The highest BCUT2D eigenvalue weighted by Gasteiger charge is 2.50. The van der Waals surface area contributed by atoms with Crippen molar-refractivity contribution in [1.29, 1.82) is 0 Å². The summed E-state index contributed by atoms with van der Waals surface area (Å²) in [5.74, 6) is -2.43. The molecule has 5 nitrogen and oxygen atoms in total. The lowest BCUT2D eigenvalue weighted by Gasteiger charge is -2.29.